The molecule has 0 radical (unpaired) electrons. The molecule has 0 heterocycles. The summed E-state index contributed by atoms with van der Waals surface area (Å²) in [5.41, 5.74) is 0.579. The van der Waals surface area contributed by atoms with Crippen molar-refractivity contribution in [3.05, 3.63) is 64.1 Å². The summed E-state index contributed by atoms with van der Waals surface area (Å²) in [5.74, 6) is -1.72. The molecule has 0 unspecified atom stereocenters. The lowest BCUT2D eigenvalue weighted by atomic mass is 10.1. The van der Waals surface area contributed by atoms with Gasteiger partial charge in [-0.15, -0.1) is 0 Å². The summed E-state index contributed by atoms with van der Waals surface area (Å²) < 4.78 is 27.4. The predicted molar refractivity (Wildman–Crippen MR) is 77.7 cm³/mol. The highest BCUT2D eigenvalue weighted by molar-refractivity contribution is 9.10. The number of carbonyl (C=O) groups excluding carboxylic acids is 1. The van der Waals surface area contributed by atoms with Gasteiger partial charge in [0.15, 0.2) is 5.78 Å². The SMILES string of the molecule is O=C(CNc1ccccc1)Cc1c(F)ccc(Br)c1F. The Morgan fingerprint density at radius 2 is 1.80 bits per heavy atom. The van der Waals surface area contributed by atoms with Gasteiger partial charge in [0, 0.05) is 17.7 Å². The standard InChI is InChI=1S/C15H12BrF2NO/c16-13-6-7-14(17)12(15(13)18)8-11(20)9-19-10-4-2-1-3-5-10/h1-7,19H,8-9H2. The Morgan fingerprint density at radius 1 is 1.10 bits per heavy atom. The minimum Gasteiger partial charge on any atom is -0.378 e. The molecule has 1 N–H and O–H groups in total. The molecule has 5 heteroatoms. The number of rotatable bonds is 5. The zero-order valence-corrected chi connectivity index (χ0v) is 12.1. The first kappa shape index (κ1) is 14.7. The molecule has 20 heavy (non-hydrogen) atoms. The number of ketones is 1. The zero-order valence-electron chi connectivity index (χ0n) is 10.5. The highest BCUT2D eigenvalue weighted by Crippen LogP contribution is 2.22. The van der Waals surface area contributed by atoms with Crippen LogP contribution in [-0.2, 0) is 11.2 Å². The average Bonchev–Trinajstić information content (AvgIpc) is 2.46. The van der Waals surface area contributed by atoms with Crippen LogP contribution >= 0.6 is 15.9 Å². The molecule has 0 fully saturated rings. The van der Waals surface area contributed by atoms with Gasteiger partial charge in [-0.1, -0.05) is 18.2 Å². The van der Waals surface area contributed by atoms with Gasteiger partial charge in [-0.3, -0.25) is 4.79 Å². The van der Waals surface area contributed by atoms with Crippen molar-refractivity contribution in [1.29, 1.82) is 0 Å². The number of carbonyl (C=O) groups is 1. The van der Waals surface area contributed by atoms with Gasteiger partial charge in [0.2, 0.25) is 0 Å². The third kappa shape index (κ3) is 3.63. The second kappa shape index (κ2) is 6.61. The van der Waals surface area contributed by atoms with Crippen LogP contribution in [0, 0.1) is 11.6 Å². The number of anilines is 1. The number of Topliss-reactive ketones (excluding diaryl/α,β-unsaturated/α-hetero) is 1. The first-order valence-corrected chi connectivity index (χ1v) is 6.80. The molecule has 2 nitrogen and oxygen atoms in total. The number of para-hydroxylation sites is 1. The van der Waals surface area contributed by atoms with Crippen LogP contribution in [0.15, 0.2) is 46.9 Å². The molecule has 2 aromatic carbocycles. The van der Waals surface area contributed by atoms with Crippen LogP contribution in [0.2, 0.25) is 0 Å². The average molecular weight is 340 g/mol. The highest BCUT2D eigenvalue weighted by atomic mass is 79.9. The molecule has 0 saturated carbocycles. The molecule has 0 atom stereocenters. The van der Waals surface area contributed by atoms with Crippen molar-refractivity contribution in [2.24, 2.45) is 0 Å². The smallest absolute Gasteiger partial charge is 0.156 e. The molecule has 0 saturated heterocycles. The van der Waals surface area contributed by atoms with Crippen molar-refractivity contribution in [3.63, 3.8) is 0 Å². The van der Waals surface area contributed by atoms with E-state index in [4.69, 9.17) is 0 Å². The van der Waals surface area contributed by atoms with Crippen LogP contribution in [0.25, 0.3) is 0 Å². The lowest BCUT2D eigenvalue weighted by molar-refractivity contribution is -0.116. The van der Waals surface area contributed by atoms with Gasteiger partial charge in [0.05, 0.1) is 11.0 Å². The van der Waals surface area contributed by atoms with Crippen LogP contribution in [0.5, 0.6) is 0 Å². The number of hydrogen-bond donors (Lipinski definition) is 1. The first-order valence-electron chi connectivity index (χ1n) is 6.01. The Balaban J connectivity index is 2.00. The summed E-state index contributed by atoms with van der Waals surface area (Å²) >= 11 is 2.98. The topological polar surface area (TPSA) is 29.1 Å². The highest BCUT2D eigenvalue weighted by Gasteiger charge is 2.15. The minimum absolute atomic E-state index is 0.0232. The van der Waals surface area contributed by atoms with E-state index in [1.165, 1.54) is 6.07 Å². The number of nitrogens with one attached hydrogen (secondary N) is 1. The van der Waals surface area contributed by atoms with Crippen LogP contribution in [0.3, 0.4) is 0 Å². The van der Waals surface area contributed by atoms with Gasteiger partial charge >= 0.3 is 0 Å². The molecular weight excluding hydrogens is 328 g/mol. The molecule has 104 valence electrons. The molecule has 0 aromatic heterocycles. The number of hydrogen-bond acceptors (Lipinski definition) is 2. The van der Waals surface area contributed by atoms with E-state index < -0.39 is 11.6 Å². The van der Waals surface area contributed by atoms with Crippen molar-refractivity contribution in [3.8, 4) is 0 Å². The van der Waals surface area contributed by atoms with E-state index in [0.717, 1.165) is 11.8 Å². The second-order valence-corrected chi connectivity index (χ2v) is 5.11. The summed E-state index contributed by atoms with van der Waals surface area (Å²) in [4.78, 5) is 11.8. The predicted octanol–water partition coefficient (Wildman–Crippen LogP) is 3.95. The molecule has 0 bridgehead atoms. The minimum atomic E-state index is -0.724. The monoisotopic (exact) mass is 339 g/mol. The van der Waals surface area contributed by atoms with Gasteiger partial charge in [0.1, 0.15) is 11.6 Å². The zero-order chi connectivity index (χ0) is 14.5. The molecule has 2 aromatic rings. The van der Waals surface area contributed by atoms with E-state index in [1.54, 1.807) is 0 Å². The maximum atomic E-state index is 13.7. The normalized spacial score (nSPS) is 10.3. The van der Waals surface area contributed by atoms with E-state index in [9.17, 15) is 13.6 Å². The van der Waals surface area contributed by atoms with E-state index in [2.05, 4.69) is 21.2 Å². The molecule has 2 rings (SSSR count). The van der Waals surface area contributed by atoms with Crippen molar-refractivity contribution < 1.29 is 13.6 Å². The Hall–Kier alpha value is -1.75. The third-order valence-corrected chi connectivity index (χ3v) is 3.39. The maximum Gasteiger partial charge on any atom is 0.156 e. The third-order valence-electron chi connectivity index (χ3n) is 2.78. The summed E-state index contributed by atoms with van der Waals surface area (Å²) in [6.07, 6.45) is -0.281. The lowest BCUT2D eigenvalue weighted by Gasteiger charge is -2.08. The summed E-state index contributed by atoms with van der Waals surface area (Å²) in [6, 6.07) is 11.6. The summed E-state index contributed by atoms with van der Waals surface area (Å²) in [7, 11) is 0. The van der Waals surface area contributed by atoms with Gasteiger partial charge in [-0.2, -0.15) is 0 Å². The van der Waals surface area contributed by atoms with Crippen LogP contribution in [0.1, 0.15) is 5.56 Å². The summed E-state index contributed by atoms with van der Waals surface area (Å²) in [6.45, 7) is 0.0232. The lowest BCUT2D eigenvalue weighted by Crippen LogP contribution is -2.17. The summed E-state index contributed by atoms with van der Waals surface area (Å²) in [5, 5.41) is 2.91. The van der Waals surface area contributed by atoms with Gasteiger partial charge in [-0.25, -0.2) is 8.78 Å². The molecular formula is C15H12BrF2NO. The van der Waals surface area contributed by atoms with Gasteiger partial charge < -0.3 is 5.32 Å². The number of benzene rings is 2. The van der Waals surface area contributed by atoms with E-state index in [1.807, 2.05) is 30.3 Å². The van der Waals surface area contributed by atoms with Crippen molar-refractivity contribution >= 4 is 27.4 Å². The van der Waals surface area contributed by atoms with E-state index >= 15 is 0 Å². The Morgan fingerprint density at radius 3 is 2.50 bits per heavy atom. The molecule has 0 amide bonds. The van der Waals surface area contributed by atoms with Crippen LogP contribution < -0.4 is 5.32 Å². The van der Waals surface area contributed by atoms with Crippen molar-refractivity contribution in [2.75, 3.05) is 11.9 Å². The Bertz CT molecular complexity index is 617. The quantitative estimate of drug-likeness (QED) is 0.835. The van der Waals surface area contributed by atoms with Gasteiger partial charge in [-0.05, 0) is 40.2 Å². The molecule has 0 spiro atoms. The fourth-order valence-electron chi connectivity index (χ4n) is 1.75. The fraction of sp³-hybridized carbons (Fsp3) is 0.133. The van der Waals surface area contributed by atoms with E-state index in [-0.39, 0.29) is 28.8 Å². The maximum absolute atomic E-state index is 13.7. The van der Waals surface area contributed by atoms with Crippen LogP contribution in [0.4, 0.5) is 14.5 Å². The van der Waals surface area contributed by atoms with E-state index in [0.29, 0.717) is 0 Å². The molecule has 0 aliphatic heterocycles. The molecule has 0 aliphatic rings. The van der Waals surface area contributed by atoms with Crippen molar-refractivity contribution in [2.45, 2.75) is 6.42 Å². The molecule has 0 aliphatic carbocycles. The van der Waals surface area contributed by atoms with Crippen molar-refractivity contribution in [1.82, 2.24) is 0 Å². The Labute approximate surface area is 123 Å². The van der Waals surface area contributed by atoms with Gasteiger partial charge in [0.25, 0.3) is 0 Å². The second-order valence-electron chi connectivity index (χ2n) is 4.26. The fourth-order valence-corrected chi connectivity index (χ4v) is 2.12. The Kier molecular flexibility index (Phi) is 4.84. The largest absolute Gasteiger partial charge is 0.378 e. The number of halogens is 3. The van der Waals surface area contributed by atoms with Crippen LogP contribution in [-0.4, -0.2) is 12.3 Å². The first-order chi connectivity index (χ1) is 9.58.